The Hall–Kier alpha value is -0.380. The minimum absolute atomic E-state index is 0.0748. The highest BCUT2D eigenvalue weighted by atomic mass is 16.5. The number of methoxy groups -OCH3 is 1. The summed E-state index contributed by atoms with van der Waals surface area (Å²) in [5.41, 5.74) is 2.93. The van der Waals surface area contributed by atoms with Crippen molar-refractivity contribution in [3.63, 3.8) is 0 Å². The highest BCUT2D eigenvalue weighted by Crippen LogP contribution is 2.60. The Morgan fingerprint density at radius 3 is 2.50 bits per heavy atom. The quantitative estimate of drug-likeness (QED) is 0.709. The van der Waals surface area contributed by atoms with Crippen LogP contribution in [0.3, 0.4) is 0 Å². The van der Waals surface area contributed by atoms with Gasteiger partial charge in [0.2, 0.25) is 0 Å². The van der Waals surface area contributed by atoms with Gasteiger partial charge >= 0.3 is 0 Å². The van der Waals surface area contributed by atoms with Crippen LogP contribution in [0.15, 0.2) is 11.1 Å². The van der Waals surface area contributed by atoms with Crippen molar-refractivity contribution >= 4 is 0 Å². The maximum Gasteiger partial charge on any atom is 0.0753 e. The van der Waals surface area contributed by atoms with E-state index in [1.165, 1.54) is 11.1 Å². The van der Waals surface area contributed by atoms with E-state index in [1.54, 1.807) is 0 Å². The van der Waals surface area contributed by atoms with Crippen LogP contribution in [0.4, 0.5) is 0 Å². The van der Waals surface area contributed by atoms with Gasteiger partial charge in [-0.1, -0.05) is 33.3 Å². The van der Waals surface area contributed by atoms with Crippen LogP contribution < -0.4 is 0 Å². The van der Waals surface area contributed by atoms with Crippen molar-refractivity contribution < 1.29 is 14.9 Å². The molecule has 24 heavy (non-hydrogen) atoms. The first-order valence-electron chi connectivity index (χ1n) is 9.70. The minimum atomic E-state index is -0.318. The molecule has 0 aromatic heterocycles. The van der Waals surface area contributed by atoms with E-state index >= 15 is 0 Å². The molecular formula is C21H38O3. The second kappa shape index (κ2) is 7.47. The van der Waals surface area contributed by atoms with Crippen molar-refractivity contribution in [3.8, 4) is 0 Å². The summed E-state index contributed by atoms with van der Waals surface area (Å²) in [6.45, 7) is 11.7. The summed E-state index contributed by atoms with van der Waals surface area (Å²) >= 11 is 0. The highest BCUT2D eigenvalue weighted by molar-refractivity contribution is 5.30. The third kappa shape index (κ3) is 3.45. The van der Waals surface area contributed by atoms with Crippen LogP contribution in [0.2, 0.25) is 0 Å². The monoisotopic (exact) mass is 338 g/mol. The number of aliphatic hydroxyl groups is 2. The van der Waals surface area contributed by atoms with Crippen molar-refractivity contribution in [1.82, 2.24) is 0 Å². The lowest BCUT2D eigenvalue weighted by molar-refractivity contribution is -0.117. The topological polar surface area (TPSA) is 49.7 Å². The second-order valence-electron chi connectivity index (χ2n) is 9.12. The molecule has 1 fully saturated rings. The van der Waals surface area contributed by atoms with Gasteiger partial charge in [-0.25, -0.2) is 0 Å². The van der Waals surface area contributed by atoms with Gasteiger partial charge in [-0.2, -0.15) is 0 Å². The number of allylic oxidation sites excluding steroid dienone is 1. The average molecular weight is 339 g/mol. The maximum absolute atomic E-state index is 10.7. The molecule has 3 nitrogen and oxygen atoms in total. The van der Waals surface area contributed by atoms with Gasteiger partial charge in [-0.3, -0.25) is 0 Å². The lowest BCUT2D eigenvalue weighted by Gasteiger charge is -2.58. The zero-order chi connectivity index (χ0) is 18.1. The van der Waals surface area contributed by atoms with Gasteiger partial charge in [-0.15, -0.1) is 0 Å². The fraction of sp³-hybridized carbons (Fsp3) is 0.905. The number of fused-ring (bicyclic) bond motifs is 1. The first-order chi connectivity index (χ1) is 11.2. The molecule has 2 aliphatic carbocycles. The van der Waals surface area contributed by atoms with Crippen molar-refractivity contribution in [2.45, 2.75) is 85.4 Å². The van der Waals surface area contributed by atoms with Gasteiger partial charge < -0.3 is 14.9 Å². The van der Waals surface area contributed by atoms with Crippen LogP contribution in [0.1, 0.15) is 73.1 Å². The van der Waals surface area contributed by atoms with Gasteiger partial charge in [0.15, 0.2) is 0 Å². The minimum Gasteiger partial charge on any atom is -0.396 e. The van der Waals surface area contributed by atoms with Crippen LogP contribution in [0.25, 0.3) is 0 Å². The summed E-state index contributed by atoms with van der Waals surface area (Å²) in [7, 11) is 1.83. The molecule has 0 bridgehead atoms. The smallest absolute Gasteiger partial charge is 0.0753 e. The van der Waals surface area contributed by atoms with Gasteiger partial charge in [0.05, 0.1) is 12.2 Å². The molecule has 3 heteroatoms. The number of hydrogen-bond donors (Lipinski definition) is 2. The Labute approximate surface area is 148 Å². The summed E-state index contributed by atoms with van der Waals surface area (Å²) in [6.07, 6.45) is 6.05. The van der Waals surface area contributed by atoms with Crippen LogP contribution in [0, 0.1) is 22.7 Å². The Balaban J connectivity index is 2.30. The molecule has 2 rings (SSSR count). The summed E-state index contributed by atoms with van der Waals surface area (Å²) in [6, 6.07) is 0. The molecule has 2 N–H and O–H groups in total. The largest absolute Gasteiger partial charge is 0.396 e. The van der Waals surface area contributed by atoms with Crippen molar-refractivity contribution in [2.24, 2.45) is 22.7 Å². The van der Waals surface area contributed by atoms with Crippen LogP contribution >= 0.6 is 0 Å². The molecule has 0 amide bonds. The van der Waals surface area contributed by atoms with Gasteiger partial charge in [-0.05, 0) is 73.7 Å². The molecule has 2 aliphatic rings. The lowest BCUT2D eigenvalue weighted by atomic mass is 9.48. The van der Waals surface area contributed by atoms with Gasteiger partial charge in [0.1, 0.15) is 0 Å². The van der Waals surface area contributed by atoms with E-state index in [0.29, 0.717) is 11.8 Å². The zero-order valence-electron chi connectivity index (χ0n) is 16.6. The maximum atomic E-state index is 10.7. The van der Waals surface area contributed by atoms with E-state index in [9.17, 15) is 5.11 Å². The molecule has 5 unspecified atom stereocenters. The summed E-state index contributed by atoms with van der Waals surface area (Å²) in [4.78, 5) is 0. The van der Waals surface area contributed by atoms with E-state index in [1.807, 2.05) is 7.11 Å². The van der Waals surface area contributed by atoms with Crippen LogP contribution in [-0.2, 0) is 4.74 Å². The van der Waals surface area contributed by atoms with E-state index in [-0.39, 0.29) is 29.6 Å². The Kier molecular flexibility index (Phi) is 6.21. The van der Waals surface area contributed by atoms with Gasteiger partial charge in [0, 0.05) is 13.7 Å². The number of rotatable bonds is 6. The predicted octanol–water partition coefficient (Wildman–Crippen LogP) is 4.32. The summed E-state index contributed by atoms with van der Waals surface area (Å²) in [5, 5.41) is 19.9. The molecule has 0 aromatic rings. The SMILES string of the molecule is COC1CCC2(C)C(CCC(C)CCO)=C(C)C(O)CC2C1(C)C. The third-order valence-electron chi connectivity index (χ3n) is 7.34. The molecule has 140 valence electrons. The molecule has 0 saturated heterocycles. The Bertz CT molecular complexity index is 468. The summed E-state index contributed by atoms with van der Waals surface area (Å²) in [5.74, 6) is 0.977. The number of hydrogen-bond acceptors (Lipinski definition) is 3. The standard InChI is InChI=1S/C21H38O3/c1-14(10-12-22)7-8-16-15(2)17(23)13-18-20(3,4)19(24-6)9-11-21(16,18)5/h14,17-19,22-23H,7-13H2,1-6H3. The average Bonchev–Trinajstić information content (AvgIpc) is 2.50. The molecule has 0 spiro atoms. The first-order valence-corrected chi connectivity index (χ1v) is 9.70. The Morgan fingerprint density at radius 1 is 1.25 bits per heavy atom. The highest BCUT2D eigenvalue weighted by Gasteiger charge is 2.55. The Morgan fingerprint density at radius 2 is 1.92 bits per heavy atom. The number of ether oxygens (including phenoxy) is 1. The molecule has 1 saturated carbocycles. The van der Waals surface area contributed by atoms with E-state index in [2.05, 4.69) is 34.6 Å². The molecule has 0 radical (unpaired) electrons. The second-order valence-corrected chi connectivity index (χ2v) is 9.12. The van der Waals surface area contributed by atoms with Crippen molar-refractivity contribution in [1.29, 1.82) is 0 Å². The molecule has 5 atom stereocenters. The van der Waals surface area contributed by atoms with Crippen molar-refractivity contribution in [2.75, 3.05) is 13.7 Å². The normalized spacial score (nSPS) is 37.2. The van der Waals surface area contributed by atoms with E-state index < -0.39 is 0 Å². The number of aliphatic hydroxyl groups excluding tert-OH is 2. The first kappa shape index (κ1) is 19.9. The fourth-order valence-corrected chi connectivity index (χ4v) is 5.66. The van der Waals surface area contributed by atoms with Crippen LogP contribution in [-0.4, -0.2) is 36.1 Å². The summed E-state index contributed by atoms with van der Waals surface area (Å²) < 4.78 is 5.80. The lowest BCUT2D eigenvalue weighted by Crippen LogP contribution is -2.54. The molecule has 0 aromatic carbocycles. The molecule has 0 aliphatic heterocycles. The van der Waals surface area contributed by atoms with Crippen LogP contribution in [0.5, 0.6) is 0 Å². The fourth-order valence-electron chi connectivity index (χ4n) is 5.66. The molecule has 0 heterocycles. The zero-order valence-corrected chi connectivity index (χ0v) is 16.6. The third-order valence-corrected chi connectivity index (χ3v) is 7.34. The van der Waals surface area contributed by atoms with E-state index in [0.717, 1.165) is 38.5 Å². The van der Waals surface area contributed by atoms with Gasteiger partial charge in [0.25, 0.3) is 0 Å². The molecular weight excluding hydrogens is 300 g/mol. The predicted molar refractivity (Wildman–Crippen MR) is 98.8 cm³/mol. The van der Waals surface area contributed by atoms with E-state index in [4.69, 9.17) is 9.84 Å². The van der Waals surface area contributed by atoms with Crippen molar-refractivity contribution in [3.05, 3.63) is 11.1 Å².